The van der Waals surface area contributed by atoms with E-state index in [1.54, 1.807) is 0 Å². The zero-order valence-corrected chi connectivity index (χ0v) is 24.6. The highest BCUT2D eigenvalue weighted by atomic mass is 35.5. The third kappa shape index (κ3) is 5.71. The topological polar surface area (TPSA) is 25.8 Å². The second kappa shape index (κ2) is 12.3. The number of unbranched alkanes of at least 4 members (excludes halogenated alkanes) is 4. The molecule has 0 unspecified atom stereocenters. The minimum absolute atomic E-state index is 0.717. The number of thioether (sulfide) groups is 2. The second-order valence-electron chi connectivity index (χ2n) is 9.65. The standard InChI is InChI=1S/C33H28Cl2N2S2/c34-26-16-10-14-24-30(26)36-28-18-6-4-12-22(28)32(24)38-20-8-2-1-3-9-21-39-33-23-13-5-7-19-29(23)37-31-25(33)15-11-17-27(31)35/h4-7,10-19H,1-3,8-9,20-21H2. The van der Waals surface area contributed by atoms with Crippen LogP contribution in [0.3, 0.4) is 0 Å². The van der Waals surface area contributed by atoms with Gasteiger partial charge >= 0.3 is 0 Å². The van der Waals surface area contributed by atoms with Crippen LogP contribution in [0.2, 0.25) is 10.0 Å². The fourth-order valence-corrected chi connectivity index (χ4v) is 7.91. The molecule has 0 aliphatic heterocycles. The van der Waals surface area contributed by atoms with E-state index in [2.05, 4.69) is 48.5 Å². The monoisotopic (exact) mass is 586 g/mol. The maximum Gasteiger partial charge on any atom is 0.0907 e. The molecule has 0 saturated carbocycles. The van der Waals surface area contributed by atoms with Crippen LogP contribution in [-0.4, -0.2) is 21.5 Å². The first-order valence-corrected chi connectivity index (χ1v) is 16.1. The molecular formula is C33H28Cl2N2S2. The summed E-state index contributed by atoms with van der Waals surface area (Å²) in [5, 5.41) is 6.17. The van der Waals surface area contributed by atoms with E-state index < -0.39 is 0 Å². The van der Waals surface area contributed by atoms with E-state index in [1.807, 2.05) is 59.9 Å². The van der Waals surface area contributed by atoms with Gasteiger partial charge in [0.25, 0.3) is 0 Å². The molecule has 2 nitrogen and oxygen atoms in total. The van der Waals surface area contributed by atoms with Crippen LogP contribution in [0.4, 0.5) is 0 Å². The van der Waals surface area contributed by atoms with Crippen molar-refractivity contribution in [3.8, 4) is 0 Å². The molecule has 4 aromatic carbocycles. The Balaban J connectivity index is 1.02. The molecule has 0 aliphatic rings. The number of aromatic nitrogens is 2. The highest BCUT2D eigenvalue weighted by molar-refractivity contribution is 8.00. The number of benzene rings is 4. The summed E-state index contributed by atoms with van der Waals surface area (Å²) in [6, 6.07) is 28.9. The predicted molar refractivity (Wildman–Crippen MR) is 173 cm³/mol. The molecule has 2 aromatic heterocycles. The highest BCUT2D eigenvalue weighted by Crippen LogP contribution is 2.38. The van der Waals surface area contributed by atoms with Crippen molar-refractivity contribution in [1.82, 2.24) is 9.97 Å². The molecule has 39 heavy (non-hydrogen) atoms. The normalized spacial score (nSPS) is 11.7. The molecule has 0 fully saturated rings. The van der Waals surface area contributed by atoms with Gasteiger partial charge in [0.2, 0.25) is 0 Å². The highest BCUT2D eigenvalue weighted by Gasteiger charge is 2.13. The van der Waals surface area contributed by atoms with E-state index in [-0.39, 0.29) is 0 Å². The lowest BCUT2D eigenvalue weighted by atomic mass is 10.1. The van der Waals surface area contributed by atoms with Crippen LogP contribution in [-0.2, 0) is 0 Å². The fourth-order valence-electron chi connectivity index (χ4n) is 5.08. The van der Waals surface area contributed by atoms with Gasteiger partial charge in [-0.05, 0) is 48.6 Å². The third-order valence-electron chi connectivity index (χ3n) is 7.01. The first-order valence-electron chi connectivity index (χ1n) is 13.4. The molecule has 0 spiro atoms. The van der Waals surface area contributed by atoms with E-state index in [4.69, 9.17) is 33.2 Å². The third-order valence-corrected chi connectivity index (χ3v) is 10.1. The van der Waals surface area contributed by atoms with Gasteiger partial charge in [-0.2, -0.15) is 0 Å². The van der Waals surface area contributed by atoms with Gasteiger partial charge in [0.1, 0.15) is 0 Å². The van der Waals surface area contributed by atoms with E-state index >= 15 is 0 Å². The summed E-state index contributed by atoms with van der Waals surface area (Å²) in [5.74, 6) is 2.19. The van der Waals surface area contributed by atoms with E-state index in [9.17, 15) is 0 Å². The van der Waals surface area contributed by atoms with Crippen LogP contribution in [0, 0.1) is 0 Å². The van der Waals surface area contributed by atoms with Gasteiger partial charge in [0.05, 0.1) is 32.1 Å². The Morgan fingerprint density at radius 1 is 0.462 bits per heavy atom. The van der Waals surface area contributed by atoms with Crippen molar-refractivity contribution >= 4 is 90.3 Å². The molecule has 0 atom stereocenters. The van der Waals surface area contributed by atoms with Crippen molar-refractivity contribution < 1.29 is 0 Å². The van der Waals surface area contributed by atoms with Crippen molar-refractivity contribution in [3.05, 3.63) is 95.0 Å². The van der Waals surface area contributed by atoms with Crippen molar-refractivity contribution in [2.75, 3.05) is 11.5 Å². The molecule has 0 radical (unpaired) electrons. The summed E-state index contributed by atoms with van der Waals surface area (Å²) in [6.45, 7) is 0. The van der Waals surface area contributed by atoms with Gasteiger partial charge in [-0.3, -0.25) is 0 Å². The summed E-state index contributed by atoms with van der Waals surface area (Å²) in [5.41, 5.74) is 3.81. The molecule has 0 bridgehead atoms. The van der Waals surface area contributed by atoms with E-state index in [0.29, 0.717) is 10.0 Å². The minimum Gasteiger partial charge on any atom is -0.246 e. The van der Waals surface area contributed by atoms with Gasteiger partial charge < -0.3 is 0 Å². The van der Waals surface area contributed by atoms with Crippen LogP contribution in [0.5, 0.6) is 0 Å². The quantitative estimate of drug-likeness (QED) is 0.0905. The lowest BCUT2D eigenvalue weighted by Crippen LogP contribution is -1.90. The number of pyridine rings is 2. The molecule has 6 rings (SSSR count). The average Bonchev–Trinajstić information content (AvgIpc) is 2.96. The number of hydrogen-bond acceptors (Lipinski definition) is 4. The number of hydrogen-bond donors (Lipinski definition) is 0. The Kier molecular flexibility index (Phi) is 8.46. The van der Waals surface area contributed by atoms with Crippen LogP contribution >= 0.6 is 46.7 Å². The van der Waals surface area contributed by atoms with Gasteiger partial charge in [-0.25, -0.2) is 9.97 Å². The maximum absolute atomic E-state index is 6.49. The Labute approximate surface area is 247 Å². The molecule has 196 valence electrons. The van der Waals surface area contributed by atoms with E-state index in [1.165, 1.54) is 52.7 Å². The predicted octanol–water partition coefficient (Wildman–Crippen LogP) is 11.2. The van der Waals surface area contributed by atoms with Gasteiger partial charge in [0, 0.05) is 31.3 Å². The number of fused-ring (bicyclic) bond motifs is 4. The Morgan fingerprint density at radius 2 is 0.872 bits per heavy atom. The Bertz CT molecular complexity index is 1660. The summed E-state index contributed by atoms with van der Waals surface area (Å²) in [6.07, 6.45) is 6.16. The zero-order valence-electron chi connectivity index (χ0n) is 21.5. The molecule has 0 amide bonds. The molecule has 0 saturated heterocycles. The number of halogens is 2. The van der Waals surface area contributed by atoms with Crippen molar-refractivity contribution in [3.63, 3.8) is 0 Å². The molecule has 0 N–H and O–H groups in total. The number of nitrogens with zero attached hydrogens (tertiary/aromatic N) is 2. The lowest BCUT2D eigenvalue weighted by Gasteiger charge is -2.12. The van der Waals surface area contributed by atoms with Crippen molar-refractivity contribution in [1.29, 1.82) is 0 Å². The Hall–Kier alpha value is -2.50. The van der Waals surface area contributed by atoms with Gasteiger partial charge in [0.15, 0.2) is 0 Å². The number of para-hydroxylation sites is 4. The molecule has 6 heteroatoms. The van der Waals surface area contributed by atoms with Crippen LogP contribution in [0.15, 0.2) is 94.7 Å². The molecular weight excluding hydrogens is 559 g/mol. The summed E-state index contributed by atoms with van der Waals surface area (Å²) < 4.78 is 0. The second-order valence-corrected chi connectivity index (χ2v) is 12.7. The fraction of sp³-hybridized carbons (Fsp3) is 0.212. The van der Waals surface area contributed by atoms with Gasteiger partial charge in [-0.1, -0.05) is 103 Å². The van der Waals surface area contributed by atoms with Crippen molar-refractivity contribution in [2.45, 2.75) is 41.9 Å². The summed E-state index contributed by atoms with van der Waals surface area (Å²) in [4.78, 5) is 12.2. The summed E-state index contributed by atoms with van der Waals surface area (Å²) >= 11 is 16.9. The first-order chi connectivity index (χ1) is 19.2. The molecule has 0 aliphatic carbocycles. The maximum atomic E-state index is 6.49. The van der Waals surface area contributed by atoms with Crippen LogP contribution in [0.25, 0.3) is 43.6 Å². The smallest absolute Gasteiger partial charge is 0.0907 e. The lowest BCUT2D eigenvalue weighted by molar-refractivity contribution is 0.662. The number of rotatable bonds is 10. The average molecular weight is 588 g/mol. The zero-order chi connectivity index (χ0) is 26.6. The SMILES string of the molecule is Clc1cccc2c(SCCCCCCCSc3c4ccccc4nc4c(Cl)cccc34)c3ccccc3nc12. The molecule has 6 aromatic rings. The van der Waals surface area contributed by atoms with E-state index in [0.717, 1.165) is 44.3 Å². The van der Waals surface area contributed by atoms with Crippen LogP contribution < -0.4 is 0 Å². The first kappa shape index (κ1) is 26.7. The van der Waals surface area contributed by atoms with Gasteiger partial charge in [-0.15, -0.1) is 23.5 Å². The summed E-state index contributed by atoms with van der Waals surface area (Å²) in [7, 11) is 0. The van der Waals surface area contributed by atoms with Crippen molar-refractivity contribution in [2.24, 2.45) is 0 Å². The minimum atomic E-state index is 0.717. The molecule has 2 heterocycles. The Morgan fingerprint density at radius 3 is 1.36 bits per heavy atom. The largest absolute Gasteiger partial charge is 0.246 e. The van der Waals surface area contributed by atoms with Crippen LogP contribution in [0.1, 0.15) is 32.1 Å².